The molecule has 0 aliphatic carbocycles. The maximum absolute atomic E-state index is 17.2. The first-order valence-corrected chi connectivity index (χ1v) is 17.3. The van der Waals surface area contributed by atoms with Gasteiger partial charge in [0.05, 0.1) is 29.2 Å². The van der Waals surface area contributed by atoms with Gasteiger partial charge in [-0.2, -0.15) is 9.97 Å². The summed E-state index contributed by atoms with van der Waals surface area (Å²) >= 11 is 0. The maximum Gasteiger partial charge on any atom is 0.319 e. The van der Waals surface area contributed by atoms with Crippen molar-refractivity contribution in [2.24, 2.45) is 0 Å². The third-order valence-electron chi connectivity index (χ3n) is 11.7. The van der Waals surface area contributed by atoms with E-state index in [1.54, 1.807) is 11.0 Å². The van der Waals surface area contributed by atoms with Crippen LogP contribution in [0, 0.1) is 11.6 Å². The van der Waals surface area contributed by atoms with E-state index >= 15 is 17.6 Å². The molecule has 2 aromatic carbocycles. The zero-order chi connectivity index (χ0) is 33.0. The van der Waals surface area contributed by atoms with Gasteiger partial charge in [-0.3, -0.25) is 4.90 Å². The van der Waals surface area contributed by atoms with E-state index in [2.05, 4.69) is 15.2 Å². The fraction of sp³-hybridized carbons (Fsp3) is 0.528. The van der Waals surface area contributed by atoms with E-state index in [-0.39, 0.29) is 59.3 Å². The van der Waals surface area contributed by atoms with Crippen LogP contribution < -0.4 is 15.0 Å². The lowest BCUT2D eigenvalue weighted by molar-refractivity contribution is 0.00892. The fourth-order valence-corrected chi connectivity index (χ4v) is 9.47. The first-order valence-electron chi connectivity index (χ1n) is 17.3. The van der Waals surface area contributed by atoms with Crippen molar-refractivity contribution in [3.63, 3.8) is 0 Å². The molecule has 2 aromatic heterocycles. The number of phenolic OH excluding ortho intramolecular Hbond substituents is 1. The Hall–Kier alpha value is -3.77. The second-order valence-corrected chi connectivity index (χ2v) is 14.4. The number of anilines is 1. The van der Waals surface area contributed by atoms with Crippen LogP contribution >= 0.6 is 0 Å². The van der Waals surface area contributed by atoms with Gasteiger partial charge in [0.2, 0.25) is 0 Å². The lowest BCUT2D eigenvalue weighted by Gasteiger charge is -2.47. The quantitative estimate of drug-likeness (QED) is 0.182. The number of benzene rings is 2. The molecule has 0 radical (unpaired) electrons. The fourth-order valence-electron chi connectivity index (χ4n) is 9.47. The van der Waals surface area contributed by atoms with E-state index in [9.17, 15) is 5.11 Å². The molecule has 4 aromatic rings. The summed E-state index contributed by atoms with van der Waals surface area (Å²) in [7, 11) is 0. The summed E-state index contributed by atoms with van der Waals surface area (Å²) in [4.78, 5) is 18.4. The molecule has 0 amide bonds. The van der Waals surface area contributed by atoms with Crippen LogP contribution in [0.5, 0.6) is 11.8 Å². The standard InChI is InChI=1S/C36H38F4N6O2/c1-2-22-24(37)9-8-20-16-21(47)17-23(27(20)22)30-29(38)31-28-25(41-30)6-3-7-26-36(40)13-12-35(39,44-36)18-46(26)32(28)43-33(42-31)48-19-34-10-4-14-45(34)15-5-11-34/h8-9,16-17,26,44,47H,2-7,10-15,18-19H2,1H3/t26-,35-,36+/m1/s1. The number of pyridine rings is 1. The van der Waals surface area contributed by atoms with Gasteiger partial charge in [-0.15, -0.1) is 0 Å². The van der Waals surface area contributed by atoms with Crippen LogP contribution in [-0.4, -0.2) is 74.4 Å². The maximum atomic E-state index is 17.2. The van der Waals surface area contributed by atoms with Gasteiger partial charge in [0.1, 0.15) is 35.2 Å². The van der Waals surface area contributed by atoms with Crippen molar-refractivity contribution in [1.29, 1.82) is 0 Å². The summed E-state index contributed by atoms with van der Waals surface area (Å²) in [5, 5.41) is 14.7. The van der Waals surface area contributed by atoms with Crippen molar-refractivity contribution in [3.05, 3.63) is 47.2 Å². The number of fused-ring (bicyclic) bond motifs is 7. The van der Waals surface area contributed by atoms with Crippen molar-refractivity contribution < 1.29 is 27.4 Å². The molecule has 2 N–H and O–H groups in total. The Morgan fingerprint density at radius 1 is 1.00 bits per heavy atom. The highest BCUT2D eigenvalue weighted by Crippen LogP contribution is 2.49. The number of aromatic nitrogens is 3. The number of halogens is 4. The average Bonchev–Trinajstić information content (AvgIpc) is 3.72. The highest BCUT2D eigenvalue weighted by Gasteiger charge is 2.60. The first-order chi connectivity index (χ1) is 23.1. The minimum Gasteiger partial charge on any atom is -0.508 e. The minimum atomic E-state index is -1.97. The molecule has 0 spiro atoms. The monoisotopic (exact) mass is 662 g/mol. The van der Waals surface area contributed by atoms with E-state index in [1.165, 1.54) is 18.2 Å². The van der Waals surface area contributed by atoms with Crippen molar-refractivity contribution in [3.8, 4) is 23.0 Å². The van der Waals surface area contributed by atoms with Crippen molar-refractivity contribution in [1.82, 2.24) is 25.2 Å². The largest absolute Gasteiger partial charge is 0.508 e. The number of alkyl halides is 2. The van der Waals surface area contributed by atoms with Gasteiger partial charge in [-0.05, 0) is 99.0 Å². The zero-order valence-corrected chi connectivity index (χ0v) is 26.9. The van der Waals surface area contributed by atoms with Gasteiger partial charge in [-0.1, -0.05) is 13.0 Å². The molecule has 5 aliphatic heterocycles. The Balaban J connectivity index is 1.27. The Labute approximate surface area is 275 Å². The molecule has 9 rings (SSSR count). The average molecular weight is 663 g/mol. The van der Waals surface area contributed by atoms with E-state index in [4.69, 9.17) is 14.7 Å². The molecule has 252 valence electrons. The molecule has 12 heteroatoms. The van der Waals surface area contributed by atoms with Gasteiger partial charge in [0.25, 0.3) is 0 Å². The molecular formula is C36H38F4N6O2. The number of hydrogen-bond acceptors (Lipinski definition) is 8. The number of nitrogens with one attached hydrogen (secondary N) is 1. The summed E-state index contributed by atoms with van der Waals surface area (Å²) in [6.45, 7) is 3.98. The molecule has 2 bridgehead atoms. The second-order valence-electron chi connectivity index (χ2n) is 14.4. The molecule has 0 unspecified atom stereocenters. The molecule has 48 heavy (non-hydrogen) atoms. The number of piperazine rings is 1. The number of ether oxygens (including phenoxy) is 1. The summed E-state index contributed by atoms with van der Waals surface area (Å²) < 4.78 is 71.1. The lowest BCUT2D eigenvalue weighted by Crippen LogP contribution is -2.68. The van der Waals surface area contributed by atoms with E-state index in [0.29, 0.717) is 59.7 Å². The number of hydrogen-bond donors (Lipinski definition) is 2. The highest BCUT2D eigenvalue weighted by molar-refractivity contribution is 6.02. The van der Waals surface area contributed by atoms with Crippen LogP contribution in [0.2, 0.25) is 0 Å². The molecule has 8 nitrogen and oxygen atoms in total. The van der Waals surface area contributed by atoms with Crippen LogP contribution in [0.15, 0.2) is 24.3 Å². The van der Waals surface area contributed by atoms with E-state index in [0.717, 1.165) is 38.8 Å². The molecule has 4 saturated heterocycles. The summed E-state index contributed by atoms with van der Waals surface area (Å²) in [5.41, 5.74) is 0.830. The number of rotatable bonds is 5. The smallest absolute Gasteiger partial charge is 0.319 e. The molecular weight excluding hydrogens is 624 g/mol. The normalized spacial score (nSPS) is 27.7. The Morgan fingerprint density at radius 3 is 2.60 bits per heavy atom. The number of phenols is 1. The van der Waals surface area contributed by atoms with E-state index in [1.807, 2.05) is 6.92 Å². The van der Waals surface area contributed by atoms with Gasteiger partial charge in [0, 0.05) is 18.4 Å². The van der Waals surface area contributed by atoms with Crippen LogP contribution in [0.25, 0.3) is 32.9 Å². The molecule has 3 atom stereocenters. The molecule has 0 saturated carbocycles. The number of aromatic hydroxyl groups is 1. The SMILES string of the molecule is CCc1c(F)ccc2cc(O)cc(-c3nc4c5c(nc(OCC67CCCN6CCC7)nc5c3F)N3C[C@@]5(F)CC[C@](F)(N5)[C@H]3CCC4)c12. The van der Waals surface area contributed by atoms with E-state index < -0.39 is 29.3 Å². The summed E-state index contributed by atoms with van der Waals surface area (Å²) in [5.74, 6) is -5.05. The predicted molar refractivity (Wildman–Crippen MR) is 174 cm³/mol. The lowest BCUT2D eigenvalue weighted by atomic mass is 9.91. The van der Waals surface area contributed by atoms with Crippen molar-refractivity contribution in [2.45, 2.75) is 94.3 Å². The van der Waals surface area contributed by atoms with Crippen molar-refractivity contribution >= 4 is 27.5 Å². The first kappa shape index (κ1) is 30.3. The van der Waals surface area contributed by atoms with Crippen molar-refractivity contribution in [2.75, 3.05) is 31.1 Å². The van der Waals surface area contributed by atoms with Gasteiger partial charge in [-0.25, -0.2) is 27.9 Å². The topological polar surface area (TPSA) is 86.6 Å². The van der Waals surface area contributed by atoms with Crippen LogP contribution in [0.4, 0.5) is 23.4 Å². The molecule has 5 aliphatic rings. The van der Waals surface area contributed by atoms with Gasteiger partial charge >= 0.3 is 6.01 Å². The van der Waals surface area contributed by atoms with Gasteiger partial charge < -0.3 is 14.7 Å². The summed E-state index contributed by atoms with van der Waals surface area (Å²) in [6, 6.07) is 5.05. The molecule has 4 fully saturated rings. The second kappa shape index (κ2) is 10.6. The third-order valence-corrected chi connectivity index (χ3v) is 11.7. The van der Waals surface area contributed by atoms with Crippen LogP contribution in [0.1, 0.15) is 69.5 Å². The predicted octanol–water partition coefficient (Wildman–Crippen LogP) is 6.64. The Bertz CT molecular complexity index is 1980. The highest BCUT2D eigenvalue weighted by atomic mass is 19.2. The molecule has 7 heterocycles. The minimum absolute atomic E-state index is 0.0196. The summed E-state index contributed by atoms with van der Waals surface area (Å²) in [6.07, 6.45) is 5.75. The van der Waals surface area contributed by atoms with Crippen LogP contribution in [-0.2, 0) is 12.8 Å². The number of nitrogens with zero attached hydrogens (tertiary/aromatic N) is 5. The Morgan fingerprint density at radius 2 is 1.81 bits per heavy atom. The van der Waals surface area contributed by atoms with Gasteiger partial charge in [0.15, 0.2) is 17.4 Å². The number of aryl methyl sites for hydroxylation is 2. The zero-order valence-electron chi connectivity index (χ0n) is 26.9. The Kier molecular flexibility index (Phi) is 6.70. The third kappa shape index (κ3) is 4.43. The van der Waals surface area contributed by atoms with Crippen LogP contribution in [0.3, 0.4) is 0 Å².